The second kappa shape index (κ2) is 7.00. The Morgan fingerprint density at radius 1 is 0.781 bits per heavy atom. The zero-order chi connectivity index (χ0) is 23.3. The molecule has 0 aromatic rings. The van der Waals surface area contributed by atoms with E-state index in [9.17, 15) is 9.90 Å². The van der Waals surface area contributed by atoms with E-state index in [1.807, 2.05) is 0 Å². The van der Waals surface area contributed by atoms with Gasteiger partial charge in [0, 0.05) is 0 Å². The lowest BCUT2D eigenvalue weighted by atomic mass is 9.32. The molecule has 5 saturated carbocycles. The van der Waals surface area contributed by atoms with Gasteiger partial charge in [0.1, 0.15) is 0 Å². The minimum Gasteiger partial charge on any atom is -0.481 e. The molecule has 0 amide bonds. The Morgan fingerprint density at radius 2 is 1.50 bits per heavy atom. The monoisotopic (exact) mass is 442 g/mol. The molecular weight excluding hydrogens is 392 g/mol. The number of hydrogen-bond donors (Lipinski definition) is 1. The molecule has 5 fully saturated rings. The molecule has 32 heavy (non-hydrogen) atoms. The molecule has 5 rings (SSSR count). The van der Waals surface area contributed by atoms with Crippen molar-refractivity contribution in [3.63, 3.8) is 0 Å². The number of aliphatic carboxylic acids is 1. The van der Waals surface area contributed by atoms with Crippen LogP contribution in [-0.4, -0.2) is 11.1 Å². The van der Waals surface area contributed by atoms with Gasteiger partial charge in [-0.25, -0.2) is 0 Å². The van der Waals surface area contributed by atoms with E-state index in [-0.39, 0.29) is 0 Å². The van der Waals surface area contributed by atoms with Gasteiger partial charge in [-0.15, -0.1) is 0 Å². The van der Waals surface area contributed by atoms with Crippen molar-refractivity contribution in [3.8, 4) is 0 Å². The lowest BCUT2D eigenvalue weighted by molar-refractivity contribution is -0.239. The molecule has 4 unspecified atom stereocenters. The van der Waals surface area contributed by atoms with Crippen LogP contribution in [0.25, 0.3) is 0 Å². The topological polar surface area (TPSA) is 37.3 Å². The Bertz CT molecular complexity index is 784. The van der Waals surface area contributed by atoms with E-state index >= 15 is 0 Å². The lowest BCUT2D eigenvalue weighted by Gasteiger charge is -2.72. The quantitative estimate of drug-likeness (QED) is 0.468. The number of carbonyl (C=O) groups is 1. The zero-order valence-corrected chi connectivity index (χ0v) is 22.1. The van der Waals surface area contributed by atoms with Gasteiger partial charge < -0.3 is 5.11 Å². The Labute approximate surface area is 197 Å². The molecular formula is C30H50O2. The molecule has 2 heteroatoms. The molecule has 1 N–H and O–H groups in total. The largest absolute Gasteiger partial charge is 0.481 e. The van der Waals surface area contributed by atoms with E-state index in [4.69, 9.17) is 0 Å². The zero-order valence-electron chi connectivity index (χ0n) is 22.1. The highest BCUT2D eigenvalue weighted by molar-refractivity contribution is 5.76. The maximum absolute atomic E-state index is 12.8. The second-order valence-electron chi connectivity index (χ2n) is 14.9. The van der Waals surface area contributed by atoms with Crippen LogP contribution in [0.5, 0.6) is 0 Å². The van der Waals surface area contributed by atoms with Crippen molar-refractivity contribution < 1.29 is 9.90 Å². The van der Waals surface area contributed by atoms with E-state index in [2.05, 4.69) is 48.5 Å². The first-order chi connectivity index (χ1) is 14.8. The molecule has 0 aromatic carbocycles. The molecule has 2 nitrogen and oxygen atoms in total. The van der Waals surface area contributed by atoms with Crippen molar-refractivity contribution in [1.29, 1.82) is 0 Å². The predicted molar refractivity (Wildman–Crippen MR) is 131 cm³/mol. The van der Waals surface area contributed by atoms with Crippen molar-refractivity contribution in [2.45, 2.75) is 119 Å². The number of carboxylic acid groups (broad SMARTS) is 1. The first kappa shape index (κ1) is 23.2. The molecule has 0 heterocycles. The summed E-state index contributed by atoms with van der Waals surface area (Å²) in [5.41, 5.74) is 1.18. The van der Waals surface area contributed by atoms with E-state index in [1.54, 1.807) is 0 Å². The minimum atomic E-state index is -0.468. The van der Waals surface area contributed by atoms with Crippen molar-refractivity contribution in [2.75, 3.05) is 0 Å². The highest BCUT2D eigenvalue weighted by atomic mass is 16.4. The van der Waals surface area contributed by atoms with Crippen LogP contribution in [0.2, 0.25) is 0 Å². The summed E-state index contributed by atoms with van der Waals surface area (Å²) in [5.74, 6) is 3.39. The van der Waals surface area contributed by atoms with Gasteiger partial charge in [0.25, 0.3) is 0 Å². The maximum Gasteiger partial charge on any atom is 0.309 e. The average Bonchev–Trinajstić information content (AvgIpc) is 3.09. The average molecular weight is 443 g/mol. The first-order valence-electron chi connectivity index (χ1n) is 14.1. The molecule has 0 aromatic heterocycles. The number of rotatable bonds is 2. The highest BCUT2D eigenvalue weighted by Gasteiger charge is 2.71. The Morgan fingerprint density at radius 3 is 2.16 bits per heavy atom. The van der Waals surface area contributed by atoms with Gasteiger partial charge in [-0.05, 0) is 121 Å². The van der Waals surface area contributed by atoms with Gasteiger partial charge >= 0.3 is 5.97 Å². The van der Waals surface area contributed by atoms with E-state index in [1.165, 1.54) is 44.9 Å². The minimum absolute atomic E-state index is 0.298. The molecule has 182 valence electrons. The third-order valence-corrected chi connectivity index (χ3v) is 13.5. The van der Waals surface area contributed by atoms with Gasteiger partial charge in [-0.3, -0.25) is 4.79 Å². The summed E-state index contributed by atoms with van der Waals surface area (Å²) in [6.45, 7) is 17.8. The Kier molecular flexibility index (Phi) is 5.08. The maximum atomic E-state index is 12.8. The number of carboxylic acids is 1. The number of hydrogen-bond acceptors (Lipinski definition) is 1. The normalized spacial score (nSPS) is 54.3. The second-order valence-corrected chi connectivity index (χ2v) is 14.9. The fourth-order valence-electron chi connectivity index (χ4n) is 11.9. The molecule has 5 aliphatic rings. The smallest absolute Gasteiger partial charge is 0.309 e. The van der Waals surface area contributed by atoms with Crippen LogP contribution in [0, 0.1) is 62.6 Å². The van der Waals surface area contributed by atoms with Crippen LogP contribution in [0.1, 0.15) is 119 Å². The van der Waals surface area contributed by atoms with Gasteiger partial charge in [0.15, 0.2) is 0 Å². The van der Waals surface area contributed by atoms with Gasteiger partial charge in [0.05, 0.1) is 5.41 Å². The van der Waals surface area contributed by atoms with Crippen LogP contribution in [0.3, 0.4) is 0 Å². The summed E-state index contributed by atoms with van der Waals surface area (Å²) in [7, 11) is 0. The highest BCUT2D eigenvalue weighted by Crippen LogP contribution is 2.77. The van der Waals surface area contributed by atoms with Gasteiger partial charge in [0.2, 0.25) is 0 Å². The van der Waals surface area contributed by atoms with Crippen LogP contribution in [0.4, 0.5) is 0 Å². The number of fused-ring (bicyclic) bond motifs is 7. The molecule has 5 aliphatic carbocycles. The fraction of sp³-hybridized carbons (Fsp3) is 0.967. The Balaban J connectivity index is 1.56. The molecule has 0 radical (unpaired) electrons. The summed E-state index contributed by atoms with van der Waals surface area (Å²) in [6.07, 6.45) is 13.7. The van der Waals surface area contributed by atoms with Crippen molar-refractivity contribution >= 4 is 5.97 Å². The molecule has 0 saturated heterocycles. The summed E-state index contributed by atoms with van der Waals surface area (Å²) >= 11 is 0. The van der Waals surface area contributed by atoms with E-state index in [0.29, 0.717) is 45.3 Å². The molecule has 0 bridgehead atoms. The van der Waals surface area contributed by atoms with Crippen molar-refractivity contribution in [2.24, 2.45) is 62.6 Å². The lowest BCUT2D eigenvalue weighted by Crippen LogP contribution is -2.66. The summed E-state index contributed by atoms with van der Waals surface area (Å²) < 4.78 is 0. The van der Waals surface area contributed by atoms with Crippen LogP contribution < -0.4 is 0 Å². The first-order valence-corrected chi connectivity index (χ1v) is 14.1. The van der Waals surface area contributed by atoms with Crippen LogP contribution in [-0.2, 0) is 4.79 Å². The summed E-state index contributed by atoms with van der Waals surface area (Å²) in [5, 5.41) is 10.5. The van der Waals surface area contributed by atoms with Gasteiger partial charge in [-0.1, -0.05) is 54.9 Å². The van der Waals surface area contributed by atoms with Gasteiger partial charge in [-0.2, -0.15) is 0 Å². The summed E-state index contributed by atoms with van der Waals surface area (Å²) in [6, 6.07) is 0. The van der Waals surface area contributed by atoms with E-state index < -0.39 is 11.4 Å². The molecule has 0 spiro atoms. The van der Waals surface area contributed by atoms with Crippen molar-refractivity contribution in [1.82, 2.24) is 0 Å². The van der Waals surface area contributed by atoms with Crippen molar-refractivity contribution in [3.05, 3.63) is 0 Å². The van der Waals surface area contributed by atoms with Crippen LogP contribution in [0.15, 0.2) is 0 Å². The predicted octanol–water partition coefficient (Wildman–Crippen LogP) is 8.20. The van der Waals surface area contributed by atoms with E-state index in [0.717, 1.165) is 37.5 Å². The third-order valence-electron chi connectivity index (χ3n) is 13.5. The standard InChI is InChI=1S/C30H50O2/c1-19(2)20-11-16-30(25(31)32)18-17-28(6)21(24(20)30)9-10-23-27(5)14-8-13-26(3,4)22(27)12-15-29(23,28)7/h19-24H,8-18H2,1-7H3,(H,31,32)/t20-,21?,22?,23?,24?,27-,28+,29+,30-/m0/s1. The summed E-state index contributed by atoms with van der Waals surface area (Å²) in [4.78, 5) is 12.8. The molecule has 9 atom stereocenters. The SMILES string of the molecule is CC(C)[C@@H]1CC[C@]2(C(=O)O)CC[C@]3(C)C(CCC4[C@@]5(C)CCCC(C)(C)C5CC[C@]43C)C12. The van der Waals surface area contributed by atoms with Crippen LogP contribution >= 0.6 is 0 Å². The molecule has 0 aliphatic heterocycles. The third kappa shape index (κ3) is 2.68. The Hall–Kier alpha value is -0.530. The fourth-order valence-corrected chi connectivity index (χ4v) is 11.9.